The molecule has 1 rings (SSSR count). The Bertz CT molecular complexity index is 565. The second kappa shape index (κ2) is 9.15. The third-order valence-electron chi connectivity index (χ3n) is 3.69. The van der Waals surface area contributed by atoms with Gasteiger partial charge in [-0.15, -0.1) is 0 Å². The molecule has 3 heteroatoms. The number of nitriles is 1. The standard InChI is InChI=1S/C20H27NO2/c1-16(2)9-8-12-20(3,4)13-18(14-21)19(22)23-15-17-10-6-5-7-11-17/h5-7,10-11,13,16H,8-9,12,15H2,1-4H3/b18-13+. The Balaban J connectivity index is 2.62. The average Bonchev–Trinajstić information content (AvgIpc) is 2.50. The van der Waals surface area contributed by atoms with E-state index in [9.17, 15) is 10.1 Å². The fraction of sp³-hybridized carbons (Fsp3) is 0.500. The minimum atomic E-state index is -0.548. The lowest BCUT2D eigenvalue weighted by atomic mass is 9.84. The van der Waals surface area contributed by atoms with Crippen LogP contribution < -0.4 is 0 Å². The van der Waals surface area contributed by atoms with Crippen LogP contribution in [-0.4, -0.2) is 5.97 Å². The summed E-state index contributed by atoms with van der Waals surface area (Å²) in [7, 11) is 0. The second-order valence-electron chi connectivity index (χ2n) is 7.01. The highest BCUT2D eigenvalue weighted by molar-refractivity contribution is 5.92. The largest absolute Gasteiger partial charge is 0.457 e. The fourth-order valence-corrected chi connectivity index (χ4v) is 2.37. The van der Waals surface area contributed by atoms with Crippen LogP contribution in [0.3, 0.4) is 0 Å². The van der Waals surface area contributed by atoms with Crippen molar-refractivity contribution in [1.82, 2.24) is 0 Å². The summed E-state index contributed by atoms with van der Waals surface area (Å²) < 4.78 is 5.24. The first-order chi connectivity index (χ1) is 10.8. The molecular formula is C20H27NO2. The minimum absolute atomic E-state index is 0.0930. The molecule has 0 saturated carbocycles. The molecule has 0 bridgehead atoms. The number of hydrogen-bond acceptors (Lipinski definition) is 3. The smallest absolute Gasteiger partial charge is 0.348 e. The van der Waals surface area contributed by atoms with Crippen molar-refractivity contribution in [3.63, 3.8) is 0 Å². The van der Waals surface area contributed by atoms with Crippen molar-refractivity contribution in [3.8, 4) is 6.07 Å². The highest BCUT2D eigenvalue weighted by Gasteiger charge is 2.20. The molecule has 0 amide bonds. The maximum absolute atomic E-state index is 12.1. The molecule has 0 atom stereocenters. The van der Waals surface area contributed by atoms with E-state index in [0.29, 0.717) is 5.92 Å². The van der Waals surface area contributed by atoms with Crippen LogP contribution in [0.2, 0.25) is 0 Å². The lowest BCUT2D eigenvalue weighted by Gasteiger charge is -2.21. The molecular weight excluding hydrogens is 286 g/mol. The topological polar surface area (TPSA) is 50.1 Å². The van der Waals surface area contributed by atoms with Gasteiger partial charge in [-0.25, -0.2) is 4.79 Å². The number of esters is 1. The van der Waals surface area contributed by atoms with Gasteiger partial charge in [-0.1, -0.05) is 76.9 Å². The van der Waals surface area contributed by atoms with Gasteiger partial charge in [-0.2, -0.15) is 5.26 Å². The third kappa shape index (κ3) is 7.65. The molecule has 0 aromatic heterocycles. The summed E-state index contributed by atoms with van der Waals surface area (Å²) in [4.78, 5) is 12.1. The van der Waals surface area contributed by atoms with Crippen molar-refractivity contribution in [1.29, 1.82) is 5.26 Å². The monoisotopic (exact) mass is 313 g/mol. The molecule has 0 fully saturated rings. The Morgan fingerprint density at radius 2 is 1.96 bits per heavy atom. The number of carbonyl (C=O) groups excluding carboxylic acids is 1. The Morgan fingerprint density at radius 1 is 1.30 bits per heavy atom. The van der Waals surface area contributed by atoms with Crippen LogP contribution in [0.4, 0.5) is 0 Å². The van der Waals surface area contributed by atoms with Gasteiger partial charge in [0.25, 0.3) is 0 Å². The van der Waals surface area contributed by atoms with E-state index in [1.165, 1.54) is 0 Å². The zero-order valence-corrected chi connectivity index (χ0v) is 14.6. The van der Waals surface area contributed by atoms with Crippen molar-refractivity contribution in [2.75, 3.05) is 0 Å². The summed E-state index contributed by atoms with van der Waals surface area (Å²) >= 11 is 0. The first-order valence-corrected chi connectivity index (χ1v) is 8.18. The number of hydrogen-bond donors (Lipinski definition) is 0. The van der Waals surface area contributed by atoms with E-state index in [-0.39, 0.29) is 17.6 Å². The van der Waals surface area contributed by atoms with Crippen LogP contribution >= 0.6 is 0 Å². The number of allylic oxidation sites excluding steroid dienone is 1. The van der Waals surface area contributed by atoms with Gasteiger partial charge in [-0.05, 0) is 23.3 Å². The molecule has 0 aliphatic carbocycles. The Kier molecular flexibility index (Phi) is 7.54. The molecule has 0 N–H and O–H groups in total. The number of benzene rings is 1. The number of carbonyl (C=O) groups is 1. The molecule has 23 heavy (non-hydrogen) atoms. The summed E-state index contributed by atoms with van der Waals surface area (Å²) in [6.45, 7) is 8.69. The van der Waals surface area contributed by atoms with Gasteiger partial charge in [0.15, 0.2) is 0 Å². The van der Waals surface area contributed by atoms with Gasteiger partial charge in [-0.3, -0.25) is 0 Å². The summed E-state index contributed by atoms with van der Waals surface area (Å²) in [5.41, 5.74) is 0.816. The maximum Gasteiger partial charge on any atom is 0.348 e. The van der Waals surface area contributed by atoms with E-state index < -0.39 is 5.97 Å². The predicted molar refractivity (Wildman–Crippen MR) is 92.4 cm³/mol. The first-order valence-electron chi connectivity index (χ1n) is 8.18. The zero-order valence-electron chi connectivity index (χ0n) is 14.6. The highest BCUT2D eigenvalue weighted by Crippen LogP contribution is 2.27. The van der Waals surface area contributed by atoms with Crippen molar-refractivity contribution in [2.24, 2.45) is 11.3 Å². The normalized spacial score (nSPS) is 12.1. The molecule has 0 aliphatic rings. The molecule has 0 unspecified atom stereocenters. The first kappa shape index (κ1) is 19.0. The van der Waals surface area contributed by atoms with E-state index in [2.05, 4.69) is 27.7 Å². The number of rotatable bonds is 8. The van der Waals surface area contributed by atoms with E-state index >= 15 is 0 Å². The van der Waals surface area contributed by atoms with Crippen molar-refractivity contribution in [3.05, 3.63) is 47.5 Å². The lowest BCUT2D eigenvalue weighted by Crippen LogP contribution is -2.13. The van der Waals surface area contributed by atoms with Gasteiger partial charge in [0.1, 0.15) is 18.2 Å². The molecule has 0 radical (unpaired) electrons. The van der Waals surface area contributed by atoms with Crippen molar-refractivity contribution < 1.29 is 9.53 Å². The molecule has 1 aromatic rings. The molecule has 3 nitrogen and oxygen atoms in total. The van der Waals surface area contributed by atoms with Gasteiger partial charge in [0.2, 0.25) is 0 Å². The lowest BCUT2D eigenvalue weighted by molar-refractivity contribution is -0.139. The molecule has 0 aliphatic heterocycles. The number of ether oxygens (including phenoxy) is 1. The second-order valence-corrected chi connectivity index (χ2v) is 7.01. The molecule has 1 aromatic carbocycles. The Morgan fingerprint density at radius 3 is 2.52 bits per heavy atom. The van der Waals surface area contributed by atoms with E-state index in [0.717, 1.165) is 24.8 Å². The van der Waals surface area contributed by atoms with Gasteiger partial charge < -0.3 is 4.74 Å². The highest BCUT2D eigenvalue weighted by atomic mass is 16.5. The van der Waals surface area contributed by atoms with Crippen LogP contribution in [0.25, 0.3) is 0 Å². The van der Waals surface area contributed by atoms with Crippen LogP contribution in [-0.2, 0) is 16.1 Å². The Hall–Kier alpha value is -2.08. The third-order valence-corrected chi connectivity index (χ3v) is 3.69. The molecule has 0 heterocycles. The quantitative estimate of drug-likeness (QED) is 0.384. The van der Waals surface area contributed by atoms with Crippen LogP contribution in [0.5, 0.6) is 0 Å². The molecule has 0 spiro atoms. The van der Waals surface area contributed by atoms with Gasteiger partial charge in [0, 0.05) is 0 Å². The molecule has 124 valence electrons. The van der Waals surface area contributed by atoms with E-state index in [1.807, 2.05) is 36.4 Å². The maximum atomic E-state index is 12.1. The van der Waals surface area contributed by atoms with Crippen LogP contribution in [0, 0.1) is 22.7 Å². The van der Waals surface area contributed by atoms with Crippen LogP contribution in [0.15, 0.2) is 42.0 Å². The fourth-order valence-electron chi connectivity index (χ4n) is 2.37. The van der Waals surface area contributed by atoms with E-state index in [1.54, 1.807) is 6.08 Å². The average molecular weight is 313 g/mol. The zero-order chi connectivity index (χ0) is 17.3. The summed E-state index contributed by atoms with van der Waals surface area (Å²) in [5.74, 6) is 0.120. The van der Waals surface area contributed by atoms with E-state index in [4.69, 9.17) is 4.74 Å². The summed E-state index contributed by atoms with van der Waals surface area (Å²) in [5, 5.41) is 9.25. The minimum Gasteiger partial charge on any atom is -0.457 e. The molecule has 0 saturated heterocycles. The van der Waals surface area contributed by atoms with Crippen molar-refractivity contribution in [2.45, 2.75) is 53.6 Å². The summed E-state index contributed by atoms with van der Waals surface area (Å²) in [6.07, 6.45) is 4.93. The number of nitrogens with zero attached hydrogens (tertiary/aromatic N) is 1. The van der Waals surface area contributed by atoms with Gasteiger partial charge >= 0.3 is 5.97 Å². The predicted octanol–water partition coefficient (Wildman–Crippen LogP) is 5.03. The van der Waals surface area contributed by atoms with Crippen molar-refractivity contribution >= 4 is 5.97 Å². The van der Waals surface area contributed by atoms with Gasteiger partial charge in [0.05, 0.1) is 0 Å². The summed E-state index contributed by atoms with van der Waals surface area (Å²) in [6, 6.07) is 11.4. The SMILES string of the molecule is CC(C)CCCC(C)(C)/C=C(\C#N)C(=O)OCc1ccccc1. The van der Waals surface area contributed by atoms with Crippen LogP contribution in [0.1, 0.15) is 52.5 Å². The Labute approximate surface area is 140 Å².